The number of aromatic nitrogens is 3. The lowest BCUT2D eigenvalue weighted by molar-refractivity contribution is 0.505. The minimum atomic E-state index is 0.344. The summed E-state index contributed by atoms with van der Waals surface area (Å²) in [6.45, 7) is 4.21. The molecule has 1 aliphatic rings. The van der Waals surface area contributed by atoms with Gasteiger partial charge in [-0.05, 0) is 33.2 Å². The number of rotatable bonds is 4. The number of hydrogen-bond acceptors (Lipinski definition) is 3. The average Bonchev–Trinajstić information content (AvgIpc) is 2.95. The first-order valence-corrected chi connectivity index (χ1v) is 5.36. The summed E-state index contributed by atoms with van der Waals surface area (Å²) in [5.74, 6) is 2.16. The molecule has 4 heteroatoms. The van der Waals surface area contributed by atoms with Crippen LogP contribution < -0.4 is 5.32 Å². The molecule has 0 aromatic carbocycles. The Hall–Kier alpha value is -0.900. The number of aryl methyl sites for hydroxylation is 1. The molecule has 1 atom stereocenters. The Balaban J connectivity index is 2.31. The van der Waals surface area contributed by atoms with Crippen LogP contribution in [0.15, 0.2) is 0 Å². The summed E-state index contributed by atoms with van der Waals surface area (Å²) in [6.07, 6.45) is 3.62. The molecule has 78 valence electrons. The fraction of sp³-hybridized carbons (Fsp3) is 0.800. The number of nitrogens with one attached hydrogen (secondary N) is 1. The monoisotopic (exact) mass is 194 g/mol. The van der Waals surface area contributed by atoms with Crippen LogP contribution in [-0.2, 0) is 0 Å². The van der Waals surface area contributed by atoms with Crippen molar-refractivity contribution in [3.8, 4) is 0 Å². The van der Waals surface area contributed by atoms with Crippen molar-refractivity contribution in [2.24, 2.45) is 0 Å². The van der Waals surface area contributed by atoms with E-state index >= 15 is 0 Å². The maximum atomic E-state index is 4.27. The van der Waals surface area contributed by atoms with Crippen molar-refractivity contribution in [1.29, 1.82) is 0 Å². The van der Waals surface area contributed by atoms with Gasteiger partial charge in [0.05, 0.1) is 6.04 Å². The molecule has 0 aliphatic heterocycles. The maximum Gasteiger partial charge on any atom is 0.150 e. The molecule has 1 fully saturated rings. The highest BCUT2D eigenvalue weighted by Crippen LogP contribution is 2.37. The number of hydrogen-bond donors (Lipinski definition) is 1. The predicted octanol–water partition coefficient (Wildman–Crippen LogP) is 1.59. The van der Waals surface area contributed by atoms with Crippen LogP contribution in [0, 0.1) is 6.92 Å². The third-order valence-electron chi connectivity index (χ3n) is 2.87. The zero-order valence-electron chi connectivity index (χ0n) is 9.12. The van der Waals surface area contributed by atoms with E-state index in [-0.39, 0.29) is 0 Å². The fourth-order valence-corrected chi connectivity index (χ4v) is 1.92. The third-order valence-corrected chi connectivity index (χ3v) is 2.87. The standard InChI is InChI=1S/C10H18N4/c1-4-9(11-3)10-13-12-7(2)14(10)8-5-6-8/h8-9,11H,4-6H2,1-3H3. The normalized spacial score (nSPS) is 18.5. The van der Waals surface area contributed by atoms with Crippen LogP contribution in [-0.4, -0.2) is 21.8 Å². The first-order chi connectivity index (χ1) is 6.77. The lowest BCUT2D eigenvalue weighted by Crippen LogP contribution is -2.20. The van der Waals surface area contributed by atoms with E-state index in [2.05, 4.69) is 27.0 Å². The van der Waals surface area contributed by atoms with Crippen molar-refractivity contribution in [2.45, 2.75) is 45.2 Å². The first-order valence-electron chi connectivity index (χ1n) is 5.36. The highest BCUT2D eigenvalue weighted by Gasteiger charge is 2.29. The second-order valence-corrected chi connectivity index (χ2v) is 3.96. The molecule has 1 aromatic heterocycles. The zero-order chi connectivity index (χ0) is 10.1. The molecule has 1 unspecified atom stereocenters. The molecule has 2 rings (SSSR count). The van der Waals surface area contributed by atoms with Gasteiger partial charge >= 0.3 is 0 Å². The molecule has 0 bridgehead atoms. The van der Waals surface area contributed by atoms with Gasteiger partial charge in [0.25, 0.3) is 0 Å². The van der Waals surface area contributed by atoms with Crippen molar-refractivity contribution in [1.82, 2.24) is 20.1 Å². The van der Waals surface area contributed by atoms with Crippen LogP contribution in [0.5, 0.6) is 0 Å². The molecule has 1 heterocycles. The molecule has 1 aromatic rings. The smallest absolute Gasteiger partial charge is 0.150 e. The topological polar surface area (TPSA) is 42.7 Å². The minimum absolute atomic E-state index is 0.344. The Bertz CT molecular complexity index is 310. The van der Waals surface area contributed by atoms with Crippen LogP contribution in [0.25, 0.3) is 0 Å². The van der Waals surface area contributed by atoms with Crippen molar-refractivity contribution in [3.63, 3.8) is 0 Å². The molecule has 0 saturated heterocycles. The predicted molar refractivity (Wildman–Crippen MR) is 55.1 cm³/mol. The van der Waals surface area contributed by atoms with Gasteiger partial charge in [-0.1, -0.05) is 6.92 Å². The zero-order valence-corrected chi connectivity index (χ0v) is 9.12. The van der Waals surface area contributed by atoms with Gasteiger partial charge in [0.15, 0.2) is 0 Å². The summed E-state index contributed by atoms with van der Waals surface area (Å²) in [5, 5.41) is 11.7. The van der Waals surface area contributed by atoms with Gasteiger partial charge in [-0.3, -0.25) is 0 Å². The van der Waals surface area contributed by atoms with Gasteiger partial charge in [0, 0.05) is 6.04 Å². The summed E-state index contributed by atoms with van der Waals surface area (Å²) < 4.78 is 2.30. The van der Waals surface area contributed by atoms with Crippen LogP contribution in [0.4, 0.5) is 0 Å². The summed E-state index contributed by atoms with van der Waals surface area (Å²) in [4.78, 5) is 0. The van der Waals surface area contributed by atoms with E-state index in [0.717, 1.165) is 18.1 Å². The van der Waals surface area contributed by atoms with Crippen LogP contribution in [0.2, 0.25) is 0 Å². The lowest BCUT2D eigenvalue weighted by atomic mass is 10.2. The molecule has 1 saturated carbocycles. The lowest BCUT2D eigenvalue weighted by Gasteiger charge is -2.15. The molecule has 0 radical (unpaired) electrons. The van der Waals surface area contributed by atoms with Gasteiger partial charge in [-0.15, -0.1) is 10.2 Å². The Morgan fingerprint density at radius 2 is 2.21 bits per heavy atom. The number of nitrogens with zero attached hydrogens (tertiary/aromatic N) is 3. The van der Waals surface area contributed by atoms with E-state index in [9.17, 15) is 0 Å². The Kier molecular flexibility index (Phi) is 2.54. The van der Waals surface area contributed by atoms with Crippen molar-refractivity contribution in [3.05, 3.63) is 11.6 Å². The van der Waals surface area contributed by atoms with Gasteiger partial charge < -0.3 is 9.88 Å². The van der Waals surface area contributed by atoms with E-state index in [1.165, 1.54) is 12.8 Å². The molecule has 1 N–H and O–H groups in total. The average molecular weight is 194 g/mol. The van der Waals surface area contributed by atoms with Crippen LogP contribution in [0.3, 0.4) is 0 Å². The van der Waals surface area contributed by atoms with Crippen molar-refractivity contribution < 1.29 is 0 Å². The SMILES string of the molecule is CCC(NC)c1nnc(C)n1C1CC1. The molecular weight excluding hydrogens is 176 g/mol. The van der Waals surface area contributed by atoms with Gasteiger partial charge in [-0.25, -0.2) is 0 Å². The summed E-state index contributed by atoms with van der Waals surface area (Å²) in [6, 6.07) is 1.01. The molecule has 0 amide bonds. The quantitative estimate of drug-likeness (QED) is 0.791. The second kappa shape index (κ2) is 3.69. The van der Waals surface area contributed by atoms with Gasteiger partial charge in [-0.2, -0.15) is 0 Å². The maximum absolute atomic E-state index is 4.27. The summed E-state index contributed by atoms with van der Waals surface area (Å²) in [5.41, 5.74) is 0. The second-order valence-electron chi connectivity index (χ2n) is 3.96. The molecule has 0 spiro atoms. The highest BCUT2D eigenvalue weighted by molar-refractivity contribution is 5.05. The van der Waals surface area contributed by atoms with E-state index in [1.54, 1.807) is 0 Å². The van der Waals surface area contributed by atoms with Gasteiger partial charge in [0.1, 0.15) is 11.6 Å². The van der Waals surface area contributed by atoms with Crippen molar-refractivity contribution >= 4 is 0 Å². The Morgan fingerprint density at radius 3 is 2.71 bits per heavy atom. The molecule has 14 heavy (non-hydrogen) atoms. The highest BCUT2D eigenvalue weighted by atomic mass is 15.3. The van der Waals surface area contributed by atoms with E-state index in [4.69, 9.17) is 0 Å². The summed E-state index contributed by atoms with van der Waals surface area (Å²) in [7, 11) is 1.98. The van der Waals surface area contributed by atoms with E-state index in [0.29, 0.717) is 12.1 Å². The fourth-order valence-electron chi connectivity index (χ4n) is 1.92. The summed E-state index contributed by atoms with van der Waals surface area (Å²) >= 11 is 0. The van der Waals surface area contributed by atoms with Gasteiger partial charge in [0.2, 0.25) is 0 Å². The molecule has 1 aliphatic carbocycles. The third kappa shape index (κ3) is 1.54. The molecule has 4 nitrogen and oxygen atoms in total. The van der Waals surface area contributed by atoms with Crippen LogP contribution in [0.1, 0.15) is 49.9 Å². The van der Waals surface area contributed by atoms with Crippen LogP contribution >= 0.6 is 0 Å². The molecular formula is C10H18N4. The largest absolute Gasteiger partial charge is 0.311 e. The first kappa shape index (κ1) is 9.65. The minimum Gasteiger partial charge on any atom is -0.311 e. The van der Waals surface area contributed by atoms with E-state index in [1.807, 2.05) is 14.0 Å². The Labute approximate surface area is 84.7 Å². The Morgan fingerprint density at radius 1 is 1.50 bits per heavy atom. The van der Waals surface area contributed by atoms with E-state index < -0.39 is 0 Å². The van der Waals surface area contributed by atoms with Crippen molar-refractivity contribution in [2.75, 3.05) is 7.05 Å².